The van der Waals surface area contributed by atoms with E-state index in [0.717, 1.165) is 0 Å². The fraction of sp³-hybridized carbons (Fsp3) is 0.400. The van der Waals surface area contributed by atoms with Gasteiger partial charge in [0.15, 0.2) is 0 Å². The van der Waals surface area contributed by atoms with Crippen molar-refractivity contribution < 1.29 is 130 Å². The summed E-state index contributed by atoms with van der Waals surface area (Å²) in [5, 5.41) is 63.2. The number of guanidine groups is 3. The van der Waals surface area contributed by atoms with E-state index in [2.05, 4.69) is 31.7 Å². The number of nitrogens with two attached hydrogens (primary N) is 9. The second kappa shape index (κ2) is 45.1. The Kier molecular flexibility index (Phi) is 60.1. The molecule has 0 spiro atoms. The summed E-state index contributed by atoms with van der Waals surface area (Å²) in [6, 6.07) is 0. The Bertz CT molecular complexity index is 712. The van der Waals surface area contributed by atoms with Gasteiger partial charge in [0, 0.05) is 0 Å². The van der Waals surface area contributed by atoms with Gasteiger partial charge in [-0.2, -0.15) is 15.3 Å². The Balaban J connectivity index is -0.0000000596. The Labute approximate surface area is 274 Å². The van der Waals surface area contributed by atoms with E-state index < -0.39 is 75.5 Å². The third-order valence-corrected chi connectivity index (χ3v) is 1.82. The van der Waals surface area contributed by atoms with E-state index in [9.17, 15) is 59.4 Å². The summed E-state index contributed by atoms with van der Waals surface area (Å²) in [6.07, 6.45) is 0. The van der Waals surface area contributed by atoms with E-state index in [-0.39, 0.29) is 59.0 Å². The molecule has 0 aromatic carbocycles. The molecule has 28 nitrogen and oxygen atoms in total. The monoisotopic (exact) mass is 778 g/mol. The number of carbonyl (C=O) groups is 6. The van der Waals surface area contributed by atoms with E-state index in [0.29, 0.717) is 0 Å². The maximum Gasteiger partial charge on any atom is 3.00 e. The van der Waals surface area contributed by atoms with E-state index in [4.69, 9.17) is 34.4 Å². The van der Waals surface area contributed by atoms with Gasteiger partial charge < -0.3 is 79.1 Å². The number of carboxylic acids is 6. The second-order valence-corrected chi connectivity index (χ2v) is 5.51. The summed E-state index contributed by atoms with van der Waals surface area (Å²) in [7, 11) is 0. The molecule has 0 bridgehead atoms. The molecule has 44 heavy (non-hydrogen) atoms. The average Bonchev–Trinajstić information content (AvgIpc) is 2.84. The molecule has 0 fully saturated rings. The Morgan fingerprint density at radius 1 is 0.409 bits per heavy atom. The fourth-order valence-corrected chi connectivity index (χ4v) is 0.653. The molecule has 0 unspecified atom stereocenters. The van der Waals surface area contributed by atoms with Crippen LogP contribution < -0.4 is 97.9 Å². The van der Waals surface area contributed by atoms with Crippen LogP contribution in [0.2, 0.25) is 0 Å². The van der Waals surface area contributed by atoms with Crippen LogP contribution in [0.25, 0.3) is 0 Å². The van der Waals surface area contributed by atoms with Gasteiger partial charge in [0.2, 0.25) is 0 Å². The summed E-state index contributed by atoms with van der Waals surface area (Å²) in [6.45, 7) is -4.29. The van der Waals surface area contributed by atoms with Crippen LogP contribution in [-0.4, -0.2) is 98.8 Å². The molecule has 0 rings (SSSR count). The van der Waals surface area contributed by atoms with Gasteiger partial charge in [0.05, 0.1) is 75.5 Å². The zero-order valence-corrected chi connectivity index (χ0v) is 26.3. The molecule has 29 heteroatoms. The predicted octanol–water partition coefficient (Wildman–Crippen LogP) is -22.7. The van der Waals surface area contributed by atoms with Gasteiger partial charge in [-0.15, -0.1) is 0 Å². The normalized spacial score (nSPS) is 7.64. The van der Waals surface area contributed by atoms with Crippen molar-refractivity contribution in [1.29, 1.82) is 0 Å². The van der Waals surface area contributed by atoms with Gasteiger partial charge in [0.1, 0.15) is 0 Å². The molecule has 23 N–H and O–H groups in total. The summed E-state index contributed by atoms with van der Waals surface area (Å²) in [5.74, 6) is 5.31. The van der Waals surface area contributed by atoms with Crippen LogP contribution in [-0.2, 0) is 43.0 Å². The van der Waals surface area contributed by atoms with Gasteiger partial charge in [-0.1, -0.05) is 0 Å². The minimum atomic E-state index is -1.45. The summed E-state index contributed by atoms with van der Waals surface area (Å²) >= 11 is 0. The number of carboxylic acid groups (broad SMARTS) is 6. The molecule has 0 aliphatic heterocycles. The smallest absolute Gasteiger partial charge is 0.548 e. The Morgan fingerprint density at radius 2 is 0.500 bits per heavy atom. The Hall–Kier alpha value is -4.94. The van der Waals surface area contributed by atoms with Crippen molar-refractivity contribution in [1.82, 2.24) is 0 Å². The fourth-order valence-electron chi connectivity index (χ4n) is 0.653. The van der Waals surface area contributed by atoms with Crippen LogP contribution in [0.3, 0.4) is 0 Å². The molecule has 0 atom stereocenters. The van der Waals surface area contributed by atoms with Crippen LogP contribution >= 0.6 is 0 Å². The number of hydrogen-bond donors (Lipinski definition) is 12. The Morgan fingerprint density at radius 3 is 0.545 bits per heavy atom. The number of nitrogens with one attached hydrogen (secondary N) is 3. The zero-order valence-electron chi connectivity index (χ0n) is 22.6. The molecule has 254 valence electrons. The number of carbonyl (C=O) groups excluding carboxylic acids is 6. The second-order valence-electron chi connectivity index (χ2n) is 5.51. The average molecular weight is 778 g/mol. The first-order valence-electron chi connectivity index (χ1n) is 9.65. The molecule has 0 amide bonds. The number of ether oxygens (including phenoxy) is 3. The first kappa shape index (κ1) is 58.7. The van der Waals surface area contributed by atoms with Gasteiger partial charge in [-0.25, -0.2) is 0 Å². The molecule has 0 heterocycles. The maximum absolute atomic E-state index is 9.53. The van der Waals surface area contributed by atoms with Crippen LogP contribution in [0, 0.1) is 35.6 Å². The van der Waals surface area contributed by atoms with Gasteiger partial charge in [-0.05, 0) is 0 Å². The van der Waals surface area contributed by atoms with Crippen molar-refractivity contribution in [2.45, 2.75) is 0 Å². The van der Waals surface area contributed by atoms with E-state index >= 15 is 0 Å². The summed E-state index contributed by atoms with van der Waals surface area (Å²) in [5.41, 5.74) is 28.5. The van der Waals surface area contributed by atoms with Crippen molar-refractivity contribution in [3.05, 3.63) is 0 Å². The van der Waals surface area contributed by atoms with Crippen molar-refractivity contribution in [2.75, 3.05) is 39.6 Å². The molecule has 0 aliphatic carbocycles. The zero-order chi connectivity index (χ0) is 34.7. The predicted molar refractivity (Wildman–Crippen MR) is 122 cm³/mol. The number of hydrazone groups is 3. The molecule has 0 saturated heterocycles. The number of rotatable bonds is 12. The number of hydrogen-bond acceptors (Lipinski definition) is 18. The molecule has 0 aromatic rings. The van der Waals surface area contributed by atoms with Crippen molar-refractivity contribution >= 4 is 53.7 Å². The largest absolute Gasteiger partial charge is 3.00 e. The van der Waals surface area contributed by atoms with Crippen LogP contribution in [0.15, 0.2) is 0 Å². The number of hydrazine groups is 3. The van der Waals surface area contributed by atoms with Crippen molar-refractivity contribution in [3.8, 4) is 0 Å². The molecular weight excluding hydrogens is 743 g/mol. The molecule has 0 aromatic heterocycles. The first-order chi connectivity index (χ1) is 19.2. The van der Waals surface area contributed by atoms with E-state index in [1.165, 1.54) is 0 Å². The van der Waals surface area contributed by atoms with Crippen LogP contribution in [0.1, 0.15) is 0 Å². The topological polar surface area (TPSA) is 576 Å². The third-order valence-electron chi connectivity index (χ3n) is 1.82. The molecular formula is C15H35LaN12O16. The standard InChI is InChI=1S/3C4H6O5.3CH6N4.La.H2O/c3*5-3(6)1-9-2-4(7)8;3*2-1(3)5-4;;/h3*1-2H2,(H,5,6)(H,7,8);3*4H2,(H4,2,3,5);;1H2/q;;;;;;+3;/p-3. The van der Waals surface area contributed by atoms with Crippen LogP contribution in [0.5, 0.6) is 0 Å². The third kappa shape index (κ3) is 133. The summed E-state index contributed by atoms with van der Waals surface area (Å²) in [4.78, 5) is 57.2. The quantitative estimate of drug-likeness (QED) is 0.0379. The first-order valence-corrected chi connectivity index (χ1v) is 9.65. The van der Waals surface area contributed by atoms with E-state index in [1.54, 1.807) is 0 Å². The van der Waals surface area contributed by atoms with Crippen molar-refractivity contribution in [2.24, 2.45) is 51.9 Å². The molecule has 0 saturated carbocycles. The van der Waals surface area contributed by atoms with E-state index in [1.807, 2.05) is 15.3 Å². The van der Waals surface area contributed by atoms with Gasteiger partial charge in [-0.3, -0.25) is 51.9 Å². The summed E-state index contributed by atoms with van der Waals surface area (Å²) < 4.78 is 12.1. The molecule has 0 aliphatic rings. The SMILES string of the molecule is N[NH+]=C(N)N.N[NH+]=C(N)N.N[NH+]=C(N)N.O.O=C([O-])COCC(=O)[O-].O=C([O-])COCC(=O)[O-].O=C([O-])COCC(=O)[O-].[La+3]. The van der Waals surface area contributed by atoms with Gasteiger partial charge >= 0.3 is 53.5 Å². The minimum absolute atomic E-state index is 0. The van der Waals surface area contributed by atoms with Crippen molar-refractivity contribution in [3.63, 3.8) is 0 Å². The number of aliphatic carboxylic acids is 6. The molecule has 0 radical (unpaired) electrons. The van der Waals surface area contributed by atoms with Crippen LogP contribution in [0.4, 0.5) is 0 Å². The minimum Gasteiger partial charge on any atom is -0.548 e. The maximum atomic E-state index is 9.53. The van der Waals surface area contributed by atoms with Gasteiger partial charge in [0.25, 0.3) is 0 Å².